The Morgan fingerprint density at radius 3 is 2.69 bits per heavy atom. The number of anilines is 1. The molecule has 0 aliphatic carbocycles. The highest BCUT2D eigenvalue weighted by Gasteiger charge is 2.13. The van der Waals surface area contributed by atoms with Crippen molar-refractivity contribution < 1.29 is 9.50 Å². The van der Waals surface area contributed by atoms with Gasteiger partial charge in [0.25, 0.3) is 0 Å². The molecule has 0 aliphatic heterocycles. The number of aromatic hydroxyl groups is 1. The summed E-state index contributed by atoms with van der Waals surface area (Å²) >= 11 is 0. The summed E-state index contributed by atoms with van der Waals surface area (Å²) in [6.45, 7) is 1.81. The van der Waals surface area contributed by atoms with Gasteiger partial charge in [0.1, 0.15) is 0 Å². The van der Waals surface area contributed by atoms with E-state index in [-0.39, 0.29) is 11.8 Å². The molecule has 0 spiro atoms. The predicted molar refractivity (Wildman–Crippen MR) is 50.0 cm³/mol. The largest absolute Gasteiger partial charge is 0.505 e. The molecular formula is C9H13FN2O. The van der Waals surface area contributed by atoms with Crippen molar-refractivity contribution in [2.75, 3.05) is 12.8 Å². The topological polar surface area (TPSA) is 58.3 Å². The molecular weight excluding hydrogens is 171 g/mol. The third kappa shape index (κ3) is 1.89. The van der Waals surface area contributed by atoms with Crippen molar-refractivity contribution in [3.05, 3.63) is 23.5 Å². The van der Waals surface area contributed by atoms with E-state index in [0.717, 1.165) is 6.07 Å². The van der Waals surface area contributed by atoms with Crippen LogP contribution >= 0.6 is 0 Å². The van der Waals surface area contributed by atoms with E-state index in [4.69, 9.17) is 5.73 Å². The van der Waals surface area contributed by atoms with E-state index in [1.165, 1.54) is 0 Å². The first kappa shape index (κ1) is 9.80. The molecule has 72 valence electrons. The first-order valence-electron chi connectivity index (χ1n) is 4.01. The SMILES string of the molecule is CNC(C)c1cc(N)cc(F)c1O. The Morgan fingerprint density at radius 2 is 2.15 bits per heavy atom. The van der Waals surface area contributed by atoms with Crippen LogP contribution in [-0.2, 0) is 0 Å². The van der Waals surface area contributed by atoms with Crippen LogP contribution in [0.25, 0.3) is 0 Å². The van der Waals surface area contributed by atoms with Gasteiger partial charge < -0.3 is 16.2 Å². The first-order chi connectivity index (χ1) is 6.06. The molecule has 1 rings (SSSR count). The van der Waals surface area contributed by atoms with Crippen LogP contribution in [0.3, 0.4) is 0 Å². The minimum absolute atomic E-state index is 0.127. The van der Waals surface area contributed by atoms with Gasteiger partial charge in [-0.15, -0.1) is 0 Å². The molecule has 0 fully saturated rings. The van der Waals surface area contributed by atoms with E-state index in [0.29, 0.717) is 11.3 Å². The van der Waals surface area contributed by atoms with Crippen molar-refractivity contribution in [3.8, 4) is 5.75 Å². The molecule has 4 heteroatoms. The Morgan fingerprint density at radius 1 is 1.54 bits per heavy atom. The van der Waals surface area contributed by atoms with Crippen LogP contribution in [0.5, 0.6) is 5.75 Å². The summed E-state index contributed by atoms with van der Waals surface area (Å²) in [7, 11) is 1.73. The molecule has 0 saturated heterocycles. The first-order valence-corrected chi connectivity index (χ1v) is 4.01. The average molecular weight is 184 g/mol. The zero-order valence-electron chi connectivity index (χ0n) is 7.63. The zero-order valence-corrected chi connectivity index (χ0v) is 7.63. The van der Waals surface area contributed by atoms with Gasteiger partial charge in [-0.3, -0.25) is 0 Å². The lowest BCUT2D eigenvalue weighted by Gasteiger charge is -2.13. The number of hydrogen-bond acceptors (Lipinski definition) is 3. The summed E-state index contributed by atoms with van der Waals surface area (Å²) in [6, 6.07) is 2.53. The number of benzene rings is 1. The van der Waals surface area contributed by atoms with Gasteiger partial charge in [0.2, 0.25) is 0 Å². The molecule has 0 aromatic heterocycles. The van der Waals surface area contributed by atoms with Gasteiger partial charge in [0.15, 0.2) is 11.6 Å². The molecule has 1 unspecified atom stereocenters. The fourth-order valence-corrected chi connectivity index (χ4v) is 1.13. The maximum atomic E-state index is 13.0. The van der Waals surface area contributed by atoms with Gasteiger partial charge in [-0.25, -0.2) is 4.39 Å². The van der Waals surface area contributed by atoms with E-state index >= 15 is 0 Å². The van der Waals surface area contributed by atoms with Gasteiger partial charge >= 0.3 is 0 Å². The molecule has 0 bridgehead atoms. The van der Waals surface area contributed by atoms with E-state index in [1.54, 1.807) is 13.1 Å². The highest BCUT2D eigenvalue weighted by Crippen LogP contribution is 2.28. The number of nitrogens with one attached hydrogen (secondary N) is 1. The quantitative estimate of drug-likeness (QED) is 0.481. The van der Waals surface area contributed by atoms with Crippen molar-refractivity contribution in [2.24, 2.45) is 0 Å². The number of hydrogen-bond donors (Lipinski definition) is 3. The van der Waals surface area contributed by atoms with Gasteiger partial charge in [-0.1, -0.05) is 0 Å². The molecule has 1 aromatic rings. The summed E-state index contributed by atoms with van der Waals surface area (Å²) in [6.07, 6.45) is 0. The molecule has 4 N–H and O–H groups in total. The second-order valence-corrected chi connectivity index (χ2v) is 2.95. The second-order valence-electron chi connectivity index (χ2n) is 2.95. The normalized spacial score (nSPS) is 12.8. The number of phenolic OH excluding ortho intramolecular Hbond substituents is 1. The van der Waals surface area contributed by atoms with E-state index in [2.05, 4.69) is 5.32 Å². The van der Waals surface area contributed by atoms with Gasteiger partial charge in [-0.05, 0) is 20.0 Å². The fraction of sp³-hybridized carbons (Fsp3) is 0.333. The summed E-state index contributed by atoms with van der Waals surface area (Å²) in [5, 5.41) is 12.2. The molecule has 1 aromatic carbocycles. The van der Waals surface area contributed by atoms with E-state index in [9.17, 15) is 9.50 Å². The Balaban J connectivity index is 3.20. The molecule has 0 amide bonds. The summed E-state index contributed by atoms with van der Waals surface area (Å²) in [4.78, 5) is 0. The Labute approximate surface area is 76.4 Å². The van der Waals surface area contributed by atoms with Crippen LogP contribution in [0.4, 0.5) is 10.1 Å². The minimum Gasteiger partial charge on any atom is -0.505 e. The van der Waals surface area contributed by atoms with E-state index in [1.807, 2.05) is 6.92 Å². The molecule has 0 heterocycles. The standard InChI is InChI=1S/C9H13FN2O/c1-5(12-2)7-3-6(11)4-8(10)9(7)13/h3-5,12-13H,11H2,1-2H3. The summed E-state index contributed by atoms with van der Waals surface area (Å²) in [5.41, 5.74) is 6.23. The molecule has 3 nitrogen and oxygen atoms in total. The third-order valence-electron chi connectivity index (χ3n) is 2.01. The van der Waals surface area contributed by atoms with Crippen molar-refractivity contribution in [1.82, 2.24) is 5.32 Å². The van der Waals surface area contributed by atoms with Crippen LogP contribution in [0.15, 0.2) is 12.1 Å². The van der Waals surface area contributed by atoms with Crippen LogP contribution < -0.4 is 11.1 Å². The van der Waals surface area contributed by atoms with Crippen LogP contribution in [0, 0.1) is 5.82 Å². The van der Waals surface area contributed by atoms with Crippen molar-refractivity contribution in [3.63, 3.8) is 0 Å². The third-order valence-corrected chi connectivity index (χ3v) is 2.01. The molecule has 1 atom stereocenters. The number of nitrogen functional groups attached to an aromatic ring is 1. The van der Waals surface area contributed by atoms with Crippen molar-refractivity contribution in [2.45, 2.75) is 13.0 Å². The highest BCUT2D eigenvalue weighted by molar-refractivity contribution is 5.49. The Hall–Kier alpha value is -1.29. The van der Waals surface area contributed by atoms with Crippen LogP contribution in [-0.4, -0.2) is 12.2 Å². The molecule has 0 radical (unpaired) electrons. The van der Waals surface area contributed by atoms with Gasteiger partial charge in [0.05, 0.1) is 0 Å². The molecule has 13 heavy (non-hydrogen) atoms. The average Bonchev–Trinajstić information content (AvgIpc) is 2.10. The lowest BCUT2D eigenvalue weighted by molar-refractivity contribution is 0.418. The molecule has 0 saturated carbocycles. The van der Waals surface area contributed by atoms with Crippen molar-refractivity contribution in [1.29, 1.82) is 0 Å². The Kier molecular flexibility index (Phi) is 2.72. The van der Waals surface area contributed by atoms with Gasteiger partial charge in [-0.2, -0.15) is 0 Å². The lowest BCUT2D eigenvalue weighted by Crippen LogP contribution is -2.13. The van der Waals surface area contributed by atoms with Crippen molar-refractivity contribution >= 4 is 5.69 Å². The second kappa shape index (κ2) is 3.62. The Bertz CT molecular complexity index is 315. The number of rotatable bonds is 2. The fourth-order valence-electron chi connectivity index (χ4n) is 1.13. The number of halogens is 1. The number of nitrogens with two attached hydrogens (primary N) is 1. The van der Waals surface area contributed by atoms with E-state index < -0.39 is 5.82 Å². The van der Waals surface area contributed by atoms with Gasteiger partial charge in [0, 0.05) is 23.4 Å². The maximum Gasteiger partial charge on any atom is 0.167 e. The number of phenols is 1. The lowest BCUT2D eigenvalue weighted by atomic mass is 10.1. The zero-order chi connectivity index (χ0) is 10.0. The highest BCUT2D eigenvalue weighted by atomic mass is 19.1. The summed E-state index contributed by atoms with van der Waals surface area (Å²) in [5.74, 6) is -1.02. The van der Waals surface area contributed by atoms with Crippen LogP contribution in [0.2, 0.25) is 0 Å². The molecule has 0 aliphatic rings. The maximum absolute atomic E-state index is 13.0. The predicted octanol–water partition coefficient (Wildman–Crippen LogP) is 1.39. The summed E-state index contributed by atoms with van der Waals surface area (Å²) < 4.78 is 13.0. The smallest absolute Gasteiger partial charge is 0.167 e. The minimum atomic E-state index is -0.683. The van der Waals surface area contributed by atoms with Crippen LogP contribution in [0.1, 0.15) is 18.5 Å². The monoisotopic (exact) mass is 184 g/mol.